The van der Waals surface area contributed by atoms with E-state index in [2.05, 4.69) is 0 Å². The van der Waals surface area contributed by atoms with E-state index in [4.69, 9.17) is 4.74 Å². The van der Waals surface area contributed by atoms with Crippen LogP contribution in [0.2, 0.25) is 0 Å². The Morgan fingerprint density at radius 2 is 1.57 bits per heavy atom. The zero-order chi connectivity index (χ0) is 16.2. The zero-order valence-electron chi connectivity index (χ0n) is 12.1. The lowest BCUT2D eigenvalue weighted by atomic mass is 10.1. The van der Waals surface area contributed by atoms with Crippen LogP contribution in [0.1, 0.15) is 11.6 Å². The third kappa shape index (κ3) is 3.03. The molecule has 0 aromatic heterocycles. The largest absolute Gasteiger partial charge is 0.421 e. The van der Waals surface area contributed by atoms with Gasteiger partial charge in [-0.1, -0.05) is 66.7 Å². The minimum absolute atomic E-state index is 0.294. The molecule has 0 aliphatic heterocycles. The molecule has 5 nitrogen and oxygen atoms in total. The molecule has 0 spiro atoms. The summed E-state index contributed by atoms with van der Waals surface area (Å²) in [5.41, 5.74) is 0.294. The van der Waals surface area contributed by atoms with Crippen molar-refractivity contribution in [3.05, 3.63) is 88.5 Å². The van der Waals surface area contributed by atoms with Crippen LogP contribution in [0, 0.1) is 10.1 Å². The summed E-state index contributed by atoms with van der Waals surface area (Å²) in [6, 6.07) is 19.2. The monoisotopic (exact) mass is 307 g/mol. The number of hydrogen-bond acceptors (Lipinski definition) is 4. The molecule has 0 N–H and O–H groups in total. The molecule has 23 heavy (non-hydrogen) atoms. The van der Waals surface area contributed by atoms with Crippen molar-refractivity contribution < 1.29 is 14.5 Å². The van der Waals surface area contributed by atoms with Gasteiger partial charge in [-0.3, -0.25) is 10.1 Å². The van der Waals surface area contributed by atoms with Crippen LogP contribution in [0.5, 0.6) is 5.75 Å². The lowest BCUT2D eigenvalue weighted by molar-refractivity contribution is -0.515. The molecule has 3 aromatic carbocycles. The highest BCUT2D eigenvalue weighted by Gasteiger charge is 2.34. The molecule has 1 unspecified atom stereocenters. The highest BCUT2D eigenvalue weighted by Crippen LogP contribution is 2.27. The summed E-state index contributed by atoms with van der Waals surface area (Å²) in [7, 11) is 0. The third-order valence-corrected chi connectivity index (χ3v) is 3.51. The van der Waals surface area contributed by atoms with Crippen LogP contribution in [-0.4, -0.2) is 10.9 Å². The Labute approximate surface area is 132 Å². The van der Waals surface area contributed by atoms with Crippen LogP contribution in [0.3, 0.4) is 0 Å². The first-order valence-corrected chi connectivity index (χ1v) is 7.05. The molecule has 0 heterocycles. The van der Waals surface area contributed by atoms with E-state index in [1.54, 1.807) is 30.3 Å². The van der Waals surface area contributed by atoms with Crippen molar-refractivity contribution in [2.45, 2.75) is 6.04 Å². The molecule has 5 heteroatoms. The van der Waals surface area contributed by atoms with Gasteiger partial charge >= 0.3 is 12.0 Å². The van der Waals surface area contributed by atoms with Gasteiger partial charge in [-0.15, -0.1) is 0 Å². The van der Waals surface area contributed by atoms with E-state index in [9.17, 15) is 14.9 Å². The van der Waals surface area contributed by atoms with Crippen LogP contribution in [-0.2, 0) is 4.79 Å². The Hall–Kier alpha value is -3.21. The fraction of sp³-hybridized carbons (Fsp3) is 0.0556. The molecule has 1 atom stereocenters. The average molecular weight is 307 g/mol. The van der Waals surface area contributed by atoms with Gasteiger partial charge in [0.1, 0.15) is 5.75 Å². The number of rotatable bonds is 4. The molecular formula is C18H13NO4. The topological polar surface area (TPSA) is 69.4 Å². The van der Waals surface area contributed by atoms with Gasteiger partial charge < -0.3 is 4.74 Å². The number of carbonyl (C=O) groups is 1. The SMILES string of the molecule is O=C(Oc1cccc2ccccc12)C(c1ccccc1)[N+](=O)[O-]. The summed E-state index contributed by atoms with van der Waals surface area (Å²) in [6.45, 7) is 0. The van der Waals surface area contributed by atoms with Gasteiger partial charge in [0.25, 0.3) is 0 Å². The highest BCUT2D eigenvalue weighted by molar-refractivity contribution is 5.91. The van der Waals surface area contributed by atoms with E-state index in [0.717, 1.165) is 10.8 Å². The second-order valence-corrected chi connectivity index (χ2v) is 5.00. The van der Waals surface area contributed by atoms with Gasteiger partial charge in [0.05, 0.1) is 0 Å². The Morgan fingerprint density at radius 3 is 2.30 bits per heavy atom. The van der Waals surface area contributed by atoms with E-state index >= 15 is 0 Å². The molecule has 0 aliphatic carbocycles. The first-order chi connectivity index (χ1) is 11.2. The third-order valence-electron chi connectivity index (χ3n) is 3.51. The van der Waals surface area contributed by atoms with Crippen molar-refractivity contribution in [1.29, 1.82) is 0 Å². The second kappa shape index (κ2) is 6.27. The van der Waals surface area contributed by atoms with Crippen LogP contribution in [0.15, 0.2) is 72.8 Å². The summed E-state index contributed by atoms with van der Waals surface area (Å²) >= 11 is 0. The number of ether oxygens (including phenoxy) is 1. The normalized spacial score (nSPS) is 11.8. The van der Waals surface area contributed by atoms with Crippen LogP contribution < -0.4 is 4.74 Å². The summed E-state index contributed by atoms with van der Waals surface area (Å²) in [4.78, 5) is 23.0. The first-order valence-electron chi connectivity index (χ1n) is 7.05. The number of carbonyl (C=O) groups excluding carboxylic acids is 1. The first kappa shape index (κ1) is 14.7. The van der Waals surface area contributed by atoms with E-state index in [1.165, 1.54) is 12.1 Å². The summed E-state index contributed by atoms with van der Waals surface area (Å²) < 4.78 is 5.32. The zero-order valence-corrected chi connectivity index (χ0v) is 12.1. The molecule has 0 bridgehead atoms. The minimum atomic E-state index is -1.55. The van der Waals surface area contributed by atoms with E-state index in [-0.39, 0.29) is 0 Å². The van der Waals surface area contributed by atoms with E-state index in [1.807, 2.05) is 30.3 Å². The lowest BCUT2D eigenvalue weighted by Crippen LogP contribution is -2.25. The Bertz CT molecular complexity index is 856. The predicted molar refractivity (Wildman–Crippen MR) is 85.8 cm³/mol. The van der Waals surface area contributed by atoms with Crippen molar-refractivity contribution >= 4 is 16.7 Å². The van der Waals surface area contributed by atoms with Crippen LogP contribution >= 0.6 is 0 Å². The molecule has 0 aliphatic rings. The van der Waals surface area contributed by atoms with Gasteiger partial charge in [0.15, 0.2) is 0 Å². The number of nitro groups is 1. The van der Waals surface area contributed by atoms with Gasteiger partial charge in [-0.25, -0.2) is 4.79 Å². The summed E-state index contributed by atoms with van der Waals surface area (Å²) in [5, 5.41) is 12.9. The molecule has 0 radical (unpaired) electrons. The molecule has 0 saturated heterocycles. The van der Waals surface area contributed by atoms with E-state index < -0.39 is 16.9 Å². The van der Waals surface area contributed by atoms with Crippen molar-refractivity contribution in [3.63, 3.8) is 0 Å². The Kier molecular flexibility index (Phi) is 4.01. The molecule has 0 saturated carbocycles. The molecule has 3 aromatic rings. The molecule has 0 fully saturated rings. The Balaban J connectivity index is 1.94. The average Bonchev–Trinajstić information content (AvgIpc) is 2.56. The smallest absolute Gasteiger partial charge is 0.392 e. The van der Waals surface area contributed by atoms with Gasteiger partial charge in [-0.2, -0.15) is 0 Å². The standard InChI is InChI=1S/C18H13NO4/c20-18(17(19(21)22)14-8-2-1-3-9-14)23-16-12-6-10-13-7-4-5-11-15(13)16/h1-12,17H. The minimum Gasteiger partial charge on any atom is -0.421 e. The van der Waals surface area contributed by atoms with Gasteiger partial charge in [-0.05, 0) is 11.5 Å². The van der Waals surface area contributed by atoms with E-state index in [0.29, 0.717) is 11.3 Å². The number of nitrogens with zero attached hydrogens (tertiary/aromatic N) is 1. The highest BCUT2D eigenvalue weighted by atomic mass is 16.6. The van der Waals surface area contributed by atoms with Crippen LogP contribution in [0.4, 0.5) is 0 Å². The number of benzene rings is 3. The molecular weight excluding hydrogens is 294 g/mol. The maximum Gasteiger partial charge on any atom is 0.392 e. The molecule has 114 valence electrons. The Morgan fingerprint density at radius 1 is 0.913 bits per heavy atom. The van der Waals surface area contributed by atoms with Gasteiger partial charge in [0.2, 0.25) is 0 Å². The number of hydrogen-bond donors (Lipinski definition) is 0. The quantitative estimate of drug-likeness (QED) is 0.318. The maximum absolute atomic E-state index is 12.3. The van der Waals surface area contributed by atoms with Crippen LogP contribution in [0.25, 0.3) is 10.8 Å². The maximum atomic E-state index is 12.3. The fourth-order valence-corrected chi connectivity index (χ4v) is 2.43. The number of esters is 1. The van der Waals surface area contributed by atoms with Crippen molar-refractivity contribution in [3.8, 4) is 5.75 Å². The second-order valence-electron chi connectivity index (χ2n) is 5.00. The summed E-state index contributed by atoms with van der Waals surface area (Å²) in [5.74, 6) is -0.589. The number of fused-ring (bicyclic) bond motifs is 1. The lowest BCUT2D eigenvalue weighted by Gasteiger charge is -2.11. The van der Waals surface area contributed by atoms with Crippen molar-refractivity contribution in [2.24, 2.45) is 0 Å². The van der Waals surface area contributed by atoms with Gasteiger partial charge in [0, 0.05) is 15.9 Å². The fourth-order valence-electron chi connectivity index (χ4n) is 2.43. The molecule has 3 rings (SSSR count). The van der Waals surface area contributed by atoms with Crippen molar-refractivity contribution in [1.82, 2.24) is 0 Å². The van der Waals surface area contributed by atoms with Crippen molar-refractivity contribution in [2.75, 3.05) is 0 Å². The summed E-state index contributed by atoms with van der Waals surface area (Å²) in [6.07, 6.45) is 0. The predicted octanol–water partition coefficient (Wildman–Crippen LogP) is 3.76. The molecule has 0 amide bonds.